The summed E-state index contributed by atoms with van der Waals surface area (Å²) in [6.07, 6.45) is 0. The van der Waals surface area contributed by atoms with E-state index in [1.165, 1.54) is 7.11 Å². The molecule has 0 radical (unpaired) electrons. The van der Waals surface area contributed by atoms with E-state index in [2.05, 4.69) is 5.32 Å². The van der Waals surface area contributed by atoms with Crippen molar-refractivity contribution in [2.24, 2.45) is 0 Å². The number of nitrogens with zero attached hydrogens (tertiary/aromatic N) is 1. The molecule has 0 spiro atoms. The van der Waals surface area contributed by atoms with E-state index in [4.69, 9.17) is 21.1 Å². The van der Waals surface area contributed by atoms with Crippen LogP contribution in [-0.4, -0.2) is 25.5 Å². The molecule has 0 atom stereocenters. The summed E-state index contributed by atoms with van der Waals surface area (Å²) in [4.78, 5) is 28.3. The molecule has 0 saturated carbocycles. The fourth-order valence-corrected chi connectivity index (χ4v) is 3.80. The summed E-state index contributed by atoms with van der Waals surface area (Å²) in [5.41, 5.74) is 1.69. The van der Waals surface area contributed by atoms with Crippen LogP contribution in [-0.2, 0) is 9.59 Å². The summed E-state index contributed by atoms with van der Waals surface area (Å²) in [5.74, 6) is 0.0275. The van der Waals surface area contributed by atoms with Gasteiger partial charge in [-0.15, -0.1) is 0 Å². The van der Waals surface area contributed by atoms with E-state index in [0.29, 0.717) is 40.1 Å². The lowest BCUT2D eigenvalue weighted by atomic mass is 10.0. The number of ether oxygens (including phenoxy) is 2. The predicted molar refractivity (Wildman–Crippen MR) is 125 cm³/mol. The number of hydrogen-bond acceptors (Lipinski definition) is 5. The molecule has 2 amide bonds. The Morgan fingerprint density at radius 2 is 1.53 bits per heavy atom. The van der Waals surface area contributed by atoms with Crippen molar-refractivity contribution < 1.29 is 19.1 Å². The normalized spacial score (nSPS) is 13.5. The second-order valence-corrected chi connectivity index (χ2v) is 7.31. The van der Waals surface area contributed by atoms with Gasteiger partial charge >= 0.3 is 0 Å². The van der Waals surface area contributed by atoms with Gasteiger partial charge in [0.1, 0.15) is 17.2 Å². The molecule has 4 rings (SSSR count). The molecule has 0 saturated heterocycles. The number of rotatable bonds is 7. The largest absolute Gasteiger partial charge is 0.496 e. The van der Waals surface area contributed by atoms with Gasteiger partial charge in [0.2, 0.25) is 0 Å². The summed E-state index contributed by atoms with van der Waals surface area (Å²) >= 11 is 6.33. The number of halogens is 1. The molecule has 0 fully saturated rings. The number of hydrogen-bond donors (Lipinski definition) is 1. The van der Waals surface area contributed by atoms with Crippen molar-refractivity contribution in [2.45, 2.75) is 6.92 Å². The number of methoxy groups -OCH3 is 1. The predicted octanol–water partition coefficient (Wildman–Crippen LogP) is 5.14. The quantitative estimate of drug-likeness (QED) is 0.506. The number of para-hydroxylation sites is 4. The van der Waals surface area contributed by atoms with Gasteiger partial charge in [-0.2, -0.15) is 0 Å². The maximum Gasteiger partial charge on any atom is 0.282 e. The number of anilines is 2. The second kappa shape index (κ2) is 9.16. The van der Waals surface area contributed by atoms with Crippen LogP contribution in [0.1, 0.15) is 12.5 Å². The number of carbonyl (C=O) groups excluding carboxylic acids is 2. The molecule has 3 aromatic rings. The maximum absolute atomic E-state index is 13.6. The van der Waals surface area contributed by atoms with E-state index in [9.17, 15) is 9.59 Å². The first kappa shape index (κ1) is 21.5. The van der Waals surface area contributed by atoms with E-state index in [1.54, 1.807) is 60.7 Å². The van der Waals surface area contributed by atoms with Crippen molar-refractivity contribution in [1.82, 2.24) is 0 Å². The number of nitrogens with one attached hydrogen (secondary N) is 1. The molecule has 0 unspecified atom stereocenters. The van der Waals surface area contributed by atoms with Crippen molar-refractivity contribution in [3.63, 3.8) is 0 Å². The molecule has 32 heavy (non-hydrogen) atoms. The Morgan fingerprint density at radius 3 is 2.25 bits per heavy atom. The maximum atomic E-state index is 13.6. The number of amides is 2. The van der Waals surface area contributed by atoms with Crippen molar-refractivity contribution in [3.05, 3.63) is 89.1 Å². The van der Waals surface area contributed by atoms with Gasteiger partial charge in [-0.3, -0.25) is 9.59 Å². The lowest BCUT2D eigenvalue weighted by Crippen LogP contribution is -2.32. The Morgan fingerprint density at radius 1 is 0.875 bits per heavy atom. The third kappa shape index (κ3) is 3.81. The summed E-state index contributed by atoms with van der Waals surface area (Å²) in [5, 5.41) is 3.43. The van der Waals surface area contributed by atoms with Crippen LogP contribution < -0.4 is 19.7 Å². The summed E-state index contributed by atoms with van der Waals surface area (Å²) in [6.45, 7) is 2.33. The minimum Gasteiger partial charge on any atom is -0.496 e. The van der Waals surface area contributed by atoms with Crippen molar-refractivity contribution in [2.75, 3.05) is 23.9 Å². The van der Waals surface area contributed by atoms with Crippen LogP contribution in [0.4, 0.5) is 11.4 Å². The lowest BCUT2D eigenvalue weighted by Gasteiger charge is -2.17. The molecule has 1 N–H and O–H groups in total. The molecule has 6 nitrogen and oxygen atoms in total. The fourth-order valence-electron chi connectivity index (χ4n) is 3.58. The molecule has 0 aromatic heterocycles. The standard InChI is InChI=1S/C25H21ClN2O4/c1-3-32-21-15-9-6-12-18(21)27-23-22(16-10-4-8-14-20(16)31-2)24(29)28(25(23)30)19-13-7-5-11-17(19)26/h4-15,27H,3H2,1-2H3. The van der Waals surface area contributed by atoms with Gasteiger partial charge in [-0.25, -0.2) is 4.90 Å². The van der Waals surface area contributed by atoms with E-state index >= 15 is 0 Å². The van der Waals surface area contributed by atoms with Gasteiger partial charge in [-0.05, 0) is 37.3 Å². The molecule has 1 heterocycles. The first-order valence-electron chi connectivity index (χ1n) is 10.1. The monoisotopic (exact) mass is 448 g/mol. The average molecular weight is 449 g/mol. The van der Waals surface area contributed by atoms with E-state index < -0.39 is 11.8 Å². The summed E-state index contributed by atoms with van der Waals surface area (Å²) in [7, 11) is 1.52. The Balaban J connectivity index is 1.89. The average Bonchev–Trinajstić information content (AvgIpc) is 3.05. The van der Waals surface area contributed by atoms with Gasteiger partial charge in [0.25, 0.3) is 11.8 Å². The van der Waals surface area contributed by atoms with Gasteiger partial charge in [0.05, 0.1) is 35.7 Å². The lowest BCUT2D eigenvalue weighted by molar-refractivity contribution is -0.120. The highest BCUT2D eigenvalue weighted by molar-refractivity contribution is 6.48. The Kier molecular flexibility index (Phi) is 6.14. The fraction of sp³-hybridized carbons (Fsp3) is 0.120. The van der Waals surface area contributed by atoms with E-state index in [0.717, 1.165) is 4.90 Å². The first-order chi connectivity index (χ1) is 15.6. The van der Waals surface area contributed by atoms with Crippen LogP contribution in [0.15, 0.2) is 78.5 Å². The zero-order valence-corrected chi connectivity index (χ0v) is 18.3. The van der Waals surface area contributed by atoms with E-state index in [-0.39, 0.29) is 11.3 Å². The first-order valence-corrected chi connectivity index (χ1v) is 10.4. The van der Waals surface area contributed by atoms with Gasteiger partial charge in [0.15, 0.2) is 0 Å². The molecular weight excluding hydrogens is 428 g/mol. The highest BCUT2D eigenvalue weighted by atomic mass is 35.5. The molecular formula is C25H21ClN2O4. The van der Waals surface area contributed by atoms with Gasteiger partial charge in [0, 0.05) is 5.56 Å². The van der Waals surface area contributed by atoms with Crippen LogP contribution in [0.5, 0.6) is 11.5 Å². The molecule has 162 valence electrons. The van der Waals surface area contributed by atoms with Crippen LogP contribution in [0.3, 0.4) is 0 Å². The molecule has 1 aliphatic rings. The van der Waals surface area contributed by atoms with Crippen LogP contribution in [0.25, 0.3) is 5.57 Å². The summed E-state index contributed by atoms with van der Waals surface area (Å²) < 4.78 is 11.2. The second-order valence-electron chi connectivity index (χ2n) is 6.90. The third-order valence-electron chi connectivity index (χ3n) is 5.00. The smallest absolute Gasteiger partial charge is 0.282 e. The number of carbonyl (C=O) groups is 2. The Labute approximate surface area is 191 Å². The Hall–Kier alpha value is -3.77. The van der Waals surface area contributed by atoms with Crippen LogP contribution >= 0.6 is 11.6 Å². The molecule has 0 bridgehead atoms. The molecule has 0 aliphatic carbocycles. The van der Waals surface area contributed by atoms with Gasteiger partial charge < -0.3 is 14.8 Å². The highest BCUT2D eigenvalue weighted by Gasteiger charge is 2.42. The Bertz CT molecular complexity index is 1220. The molecule has 7 heteroatoms. The number of benzene rings is 3. The molecule has 1 aliphatic heterocycles. The third-order valence-corrected chi connectivity index (χ3v) is 5.32. The van der Waals surface area contributed by atoms with Gasteiger partial charge in [-0.1, -0.05) is 54.1 Å². The minimum absolute atomic E-state index is 0.117. The highest BCUT2D eigenvalue weighted by Crippen LogP contribution is 2.40. The zero-order valence-electron chi connectivity index (χ0n) is 17.6. The minimum atomic E-state index is -0.518. The SMILES string of the molecule is CCOc1ccccc1NC1=C(c2ccccc2OC)C(=O)N(c2ccccc2Cl)C1=O. The van der Waals surface area contributed by atoms with E-state index in [1.807, 2.05) is 19.1 Å². The number of imide groups is 1. The van der Waals surface area contributed by atoms with Crippen molar-refractivity contribution >= 4 is 40.4 Å². The topological polar surface area (TPSA) is 67.9 Å². The van der Waals surface area contributed by atoms with Crippen molar-refractivity contribution in [3.8, 4) is 11.5 Å². The van der Waals surface area contributed by atoms with Crippen molar-refractivity contribution in [1.29, 1.82) is 0 Å². The summed E-state index contributed by atoms with van der Waals surface area (Å²) in [6, 6.07) is 21.0. The molecule has 3 aromatic carbocycles. The van der Waals surface area contributed by atoms with Crippen LogP contribution in [0, 0.1) is 0 Å². The van der Waals surface area contributed by atoms with Crippen LogP contribution in [0.2, 0.25) is 5.02 Å². The zero-order chi connectivity index (χ0) is 22.7.